The van der Waals surface area contributed by atoms with E-state index in [9.17, 15) is 14.4 Å². The number of carbonyl (C=O) groups is 2. The fraction of sp³-hybridized carbons (Fsp3) is 0.321. The van der Waals surface area contributed by atoms with Crippen molar-refractivity contribution in [2.45, 2.75) is 52.2 Å². The molecule has 4 N–H and O–H groups in total. The highest BCUT2D eigenvalue weighted by molar-refractivity contribution is 6.30. The number of pyridine rings is 1. The molecule has 0 aliphatic rings. The van der Waals surface area contributed by atoms with Crippen molar-refractivity contribution >= 4 is 23.4 Å². The molecule has 0 radical (unpaired) electrons. The number of aromatic nitrogens is 1. The van der Waals surface area contributed by atoms with E-state index < -0.39 is 12.0 Å². The summed E-state index contributed by atoms with van der Waals surface area (Å²) in [6.45, 7) is 6.34. The first-order valence-electron chi connectivity index (χ1n) is 12.2. The highest BCUT2D eigenvalue weighted by Gasteiger charge is 2.18. The van der Waals surface area contributed by atoms with Crippen LogP contribution in [-0.4, -0.2) is 29.1 Å². The van der Waals surface area contributed by atoms with Gasteiger partial charge in [-0.3, -0.25) is 14.4 Å². The fourth-order valence-corrected chi connectivity index (χ4v) is 4.05. The Balaban J connectivity index is 1.67. The fourth-order valence-electron chi connectivity index (χ4n) is 3.86. The molecule has 3 aromatic rings. The monoisotopic (exact) mass is 524 g/mol. The molecule has 0 saturated carbocycles. The third-order valence-electron chi connectivity index (χ3n) is 6.16. The Kier molecular flexibility index (Phi) is 9.74. The van der Waals surface area contributed by atoms with Crippen molar-refractivity contribution in [1.29, 1.82) is 0 Å². The number of carbonyl (C=O) groups excluding carboxylic acids is 2. The topological polar surface area (TPSA) is 115 Å². The zero-order chi connectivity index (χ0) is 26.9. The van der Waals surface area contributed by atoms with Gasteiger partial charge in [-0.1, -0.05) is 55.8 Å². The zero-order valence-corrected chi connectivity index (χ0v) is 22.0. The van der Waals surface area contributed by atoms with Gasteiger partial charge >= 0.3 is 0 Å². The molecule has 1 heterocycles. The van der Waals surface area contributed by atoms with E-state index in [-0.39, 0.29) is 30.3 Å². The summed E-state index contributed by atoms with van der Waals surface area (Å²) in [5.41, 5.74) is 11.2. The van der Waals surface area contributed by atoms with E-state index >= 15 is 0 Å². The number of ether oxygens (including phenoxy) is 1. The average Bonchev–Trinajstić information content (AvgIpc) is 2.89. The second-order valence-electron chi connectivity index (χ2n) is 8.95. The molecule has 3 rings (SSSR count). The highest BCUT2D eigenvalue weighted by atomic mass is 35.5. The van der Waals surface area contributed by atoms with E-state index in [0.29, 0.717) is 34.9 Å². The lowest BCUT2D eigenvalue weighted by Crippen LogP contribution is -2.35. The Hall–Kier alpha value is -3.78. The molecule has 0 spiro atoms. The van der Waals surface area contributed by atoms with Crippen LogP contribution in [0.15, 0.2) is 65.6 Å². The minimum Gasteiger partial charge on any atom is -0.480 e. The number of nitrogens with two attached hydrogens (primary N) is 1. The smallest absolute Gasteiger partial charge is 0.272 e. The molecule has 2 unspecified atom stereocenters. The van der Waals surface area contributed by atoms with E-state index in [2.05, 4.69) is 17.7 Å². The lowest BCUT2D eigenvalue weighted by molar-refractivity contribution is -0.125. The summed E-state index contributed by atoms with van der Waals surface area (Å²) in [6.07, 6.45) is 1.20. The molecule has 0 aliphatic carbocycles. The Morgan fingerprint density at radius 2 is 1.86 bits per heavy atom. The molecule has 8 nitrogen and oxygen atoms in total. The molecule has 0 aliphatic heterocycles. The molecule has 0 bridgehead atoms. The standard InChI is InChI=1S/C28H33ClN4O4/c1-4-24(27(30)35)37-25-11-10-22(29)14-21(25)17-31-26(34)15-23-18(2)12-13-33(28(23)36)32-16-19(3)20-8-6-5-7-9-20/h5-14,19,24,32H,4,15-17H2,1-3H3,(H2,30,35)(H,31,34). The first-order chi connectivity index (χ1) is 17.7. The quantitative estimate of drug-likeness (QED) is 0.334. The Morgan fingerprint density at radius 3 is 2.54 bits per heavy atom. The van der Waals surface area contributed by atoms with Crippen LogP contribution < -0.4 is 26.8 Å². The van der Waals surface area contributed by atoms with Crippen LogP contribution in [0.25, 0.3) is 0 Å². The van der Waals surface area contributed by atoms with E-state index in [1.54, 1.807) is 38.2 Å². The number of benzene rings is 2. The number of hydrogen-bond donors (Lipinski definition) is 3. The number of halogens is 1. The summed E-state index contributed by atoms with van der Waals surface area (Å²) < 4.78 is 7.17. The highest BCUT2D eigenvalue weighted by Crippen LogP contribution is 2.24. The van der Waals surface area contributed by atoms with Crippen molar-refractivity contribution in [3.05, 3.63) is 98.4 Å². The molecule has 1 aromatic heterocycles. The maximum absolute atomic E-state index is 13.1. The van der Waals surface area contributed by atoms with Crippen LogP contribution >= 0.6 is 11.6 Å². The van der Waals surface area contributed by atoms with Gasteiger partial charge < -0.3 is 21.2 Å². The van der Waals surface area contributed by atoms with Crippen LogP contribution in [0.5, 0.6) is 5.75 Å². The van der Waals surface area contributed by atoms with Crippen molar-refractivity contribution in [3.8, 4) is 5.75 Å². The van der Waals surface area contributed by atoms with Gasteiger partial charge in [-0.2, -0.15) is 0 Å². The second kappa shape index (κ2) is 13.0. The summed E-state index contributed by atoms with van der Waals surface area (Å²) >= 11 is 6.13. The van der Waals surface area contributed by atoms with Gasteiger partial charge in [0, 0.05) is 35.4 Å². The zero-order valence-electron chi connectivity index (χ0n) is 21.3. The third kappa shape index (κ3) is 7.60. The molecule has 2 amide bonds. The number of nitrogens with zero attached hydrogens (tertiary/aromatic N) is 1. The van der Waals surface area contributed by atoms with Crippen LogP contribution in [0.2, 0.25) is 5.02 Å². The van der Waals surface area contributed by atoms with Crippen LogP contribution in [0.1, 0.15) is 48.4 Å². The van der Waals surface area contributed by atoms with Crippen molar-refractivity contribution in [3.63, 3.8) is 0 Å². The van der Waals surface area contributed by atoms with E-state index in [4.69, 9.17) is 22.1 Å². The lowest BCUT2D eigenvalue weighted by atomic mass is 10.0. The SMILES string of the molecule is CCC(Oc1ccc(Cl)cc1CNC(=O)Cc1c(C)ccn(NCC(C)c2ccccc2)c1=O)C(N)=O. The predicted molar refractivity (Wildman–Crippen MR) is 145 cm³/mol. The van der Waals surface area contributed by atoms with Crippen LogP contribution in [-0.2, 0) is 22.6 Å². The van der Waals surface area contributed by atoms with E-state index in [0.717, 1.165) is 5.56 Å². The van der Waals surface area contributed by atoms with Crippen LogP contribution in [0.4, 0.5) is 0 Å². The lowest BCUT2D eigenvalue weighted by Gasteiger charge is -2.18. The maximum Gasteiger partial charge on any atom is 0.272 e. The minimum atomic E-state index is -0.793. The Morgan fingerprint density at radius 1 is 1.14 bits per heavy atom. The van der Waals surface area contributed by atoms with Gasteiger partial charge in [0.2, 0.25) is 5.91 Å². The average molecular weight is 525 g/mol. The summed E-state index contributed by atoms with van der Waals surface area (Å²) in [6, 6.07) is 16.8. The molecule has 2 aromatic carbocycles. The van der Waals surface area contributed by atoms with Crippen LogP contribution in [0, 0.1) is 6.92 Å². The van der Waals surface area contributed by atoms with Gasteiger partial charge in [0.15, 0.2) is 6.10 Å². The summed E-state index contributed by atoms with van der Waals surface area (Å²) in [5, 5.41) is 3.28. The van der Waals surface area contributed by atoms with Gasteiger partial charge in [0.25, 0.3) is 11.5 Å². The number of aryl methyl sites for hydroxylation is 1. The number of amides is 2. The second-order valence-corrected chi connectivity index (χ2v) is 9.39. The first kappa shape index (κ1) is 27.8. The molecule has 0 saturated heterocycles. The van der Waals surface area contributed by atoms with Crippen LogP contribution in [0.3, 0.4) is 0 Å². The van der Waals surface area contributed by atoms with E-state index in [1.165, 1.54) is 10.2 Å². The first-order valence-corrected chi connectivity index (χ1v) is 12.6. The number of primary amides is 1. The normalized spacial score (nSPS) is 12.4. The molecular formula is C28H33ClN4O4. The molecule has 37 heavy (non-hydrogen) atoms. The number of rotatable bonds is 12. The Bertz CT molecular complexity index is 1290. The molecular weight excluding hydrogens is 492 g/mol. The largest absolute Gasteiger partial charge is 0.480 e. The van der Waals surface area contributed by atoms with Crippen molar-refractivity contribution < 1.29 is 14.3 Å². The minimum absolute atomic E-state index is 0.0863. The summed E-state index contributed by atoms with van der Waals surface area (Å²) in [7, 11) is 0. The van der Waals surface area contributed by atoms with Crippen molar-refractivity contribution in [1.82, 2.24) is 9.99 Å². The number of hydrogen-bond acceptors (Lipinski definition) is 5. The molecule has 2 atom stereocenters. The van der Waals surface area contributed by atoms with Crippen molar-refractivity contribution in [2.75, 3.05) is 12.0 Å². The van der Waals surface area contributed by atoms with Gasteiger partial charge in [-0.15, -0.1) is 0 Å². The summed E-state index contributed by atoms with van der Waals surface area (Å²) in [4.78, 5) is 37.5. The molecule has 9 heteroatoms. The third-order valence-corrected chi connectivity index (χ3v) is 6.39. The predicted octanol–water partition coefficient (Wildman–Crippen LogP) is 3.66. The number of nitrogens with one attached hydrogen (secondary N) is 2. The van der Waals surface area contributed by atoms with Gasteiger partial charge in [-0.25, -0.2) is 4.68 Å². The van der Waals surface area contributed by atoms with Gasteiger partial charge in [0.1, 0.15) is 5.75 Å². The summed E-state index contributed by atoms with van der Waals surface area (Å²) in [5.74, 6) is -0.305. The van der Waals surface area contributed by atoms with Gasteiger partial charge in [-0.05, 0) is 54.7 Å². The molecule has 0 fully saturated rings. The molecule has 196 valence electrons. The van der Waals surface area contributed by atoms with Gasteiger partial charge in [0.05, 0.1) is 6.42 Å². The maximum atomic E-state index is 13.1. The van der Waals surface area contributed by atoms with E-state index in [1.807, 2.05) is 36.4 Å². The Labute approximate surface area is 221 Å². The van der Waals surface area contributed by atoms with Crippen molar-refractivity contribution in [2.24, 2.45) is 5.73 Å².